The van der Waals surface area contributed by atoms with Gasteiger partial charge in [-0.3, -0.25) is 0 Å². The van der Waals surface area contributed by atoms with Crippen molar-refractivity contribution in [3.8, 4) is 0 Å². The Morgan fingerprint density at radius 2 is 2.14 bits per heavy atom. The van der Waals surface area contributed by atoms with Gasteiger partial charge < -0.3 is 10.0 Å². The van der Waals surface area contributed by atoms with E-state index in [1.807, 2.05) is 24.3 Å². The van der Waals surface area contributed by atoms with Gasteiger partial charge in [0.25, 0.3) is 0 Å². The Labute approximate surface area is 85.2 Å². The summed E-state index contributed by atoms with van der Waals surface area (Å²) < 4.78 is 0. The van der Waals surface area contributed by atoms with Crippen LogP contribution in [0.5, 0.6) is 0 Å². The van der Waals surface area contributed by atoms with Crippen LogP contribution in [0.1, 0.15) is 18.4 Å². The van der Waals surface area contributed by atoms with Crippen molar-refractivity contribution in [3.05, 3.63) is 35.9 Å². The number of hydrogen-bond acceptors (Lipinski definition) is 2. The van der Waals surface area contributed by atoms with Gasteiger partial charge in [0.05, 0.1) is 5.60 Å². The number of nitrogens with zero attached hydrogens (tertiary/aromatic N) is 1. The van der Waals surface area contributed by atoms with E-state index >= 15 is 0 Å². The fourth-order valence-electron chi connectivity index (χ4n) is 1.96. The summed E-state index contributed by atoms with van der Waals surface area (Å²) in [7, 11) is 2.09. The summed E-state index contributed by atoms with van der Waals surface area (Å²) in [5.41, 5.74) is 0.387. The van der Waals surface area contributed by atoms with E-state index in [2.05, 4.69) is 18.0 Å². The average molecular weight is 190 g/mol. The third-order valence-electron chi connectivity index (χ3n) is 3.06. The van der Waals surface area contributed by atoms with Crippen LogP contribution in [0.3, 0.4) is 0 Å². The molecule has 0 aliphatic carbocycles. The van der Waals surface area contributed by atoms with E-state index in [1.165, 1.54) is 0 Å². The van der Waals surface area contributed by atoms with Gasteiger partial charge in [0, 0.05) is 13.1 Å². The molecule has 1 saturated heterocycles. The molecule has 1 aliphatic heterocycles. The summed E-state index contributed by atoms with van der Waals surface area (Å²) in [5, 5.41) is 10.4. The molecular weight excluding hydrogens is 174 g/mol. The molecule has 1 heterocycles. The first kappa shape index (κ1) is 9.69. The molecule has 1 N–H and O–H groups in total. The second-order valence-electron chi connectivity index (χ2n) is 4.13. The molecule has 2 nitrogen and oxygen atoms in total. The molecule has 0 unspecified atom stereocenters. The minimum Gasteiger partial charge on any atom is -0.385 e. The molecule has 0 aromatic heterocycles. The predicted octanol–water partition coefficient (Wildman–Crippen LogP) is 1.40. The van der Waals surface area contributed by atoms with E-state index in [0.29, 0.717) is 0 Å². The average Bonchev–Trinajstić information content (AvgIpc) is 2.24. The first-order chi connectivity index (χ1) is 6.71. The first-order valence-corrected chi connectivity index (χ1v) is 5.08. The first-order valence-electron chi connectivity index (χ1n) is 5.08. The molecule has 1 fully saturated rings. The molecule has 0 bridgehead atoms. The van der Waals surface area contributed by atoms with Crippen molar-refractivity contribution in [2.75, 3.05) is 20.1 Å². The summed E-state index contributed by atoms with van der Waals surface area (Å²) in [6.45, 7) is 1.93. The molecule has 1 aromatic carbocycles. The fourth-order valence-corrected chi connectivity index (χ4v) is 1.96. The zero-order valence-corrected chi connectivity index (χ0v) is 8.53. The summed E-state index contributed by atoms with van der Waals surface area (Å²) >= 11 is 0. The van der Waals surface area contributed by atoms with Crippen molar-refractivity contribution < 1.29 is 5.11 Å². The van der Waals surface area contributed by atoms with Gasteiger partial charge in [-0.15, -0.1) is 0 Å². The molecule has 1 aromatic rings. The quantitative estimate of drug-likeness (QED) is 0.723. The monoisotopic (exact) mass is 190 g/mol. The fraction of sp³-hybridized carbons (Fsp3) is 0.500. The zero-order chi connectivity index (χ0) is 10.0. The van der Waals surface area contributed by atoms with Crippen LogP contribution < -0.4 is 0 Å². The van der Waals surface area contributed by atoms with Crippen LogP contribution in [0.25, 0.3) is 0 Å². The Morgan fingerprint density at radius 1 is 1.43 bits per heavy atom. The SMILES string of the molecule is CN1CCC(O)(c2c[c]ccc2)CC1. The van der Waals surface area contributed by atoms with Crippen LogP contribution in [0.4, 0.5) is 0 Å². The van der Waals surface area contributed by atoms with Crippen molar-refractivity contribution >= 4 is 0 Å². The smallest absolute Gasteiger partial charge is 0.0921 e. The van der Waals surface area contributed by atoms with E-state index in [9.17, 15) is 5.11 Å². The zero-order valence-electron chi connectivity index (χ0n) is 8.53. The molecule has 2 rings (SSSR count). The lowest BCUT2D eigenvalue weighted by Gasteiger charge is -2.36. The minimum absolute atomic E-state index is 0.621. The second-order valence-corrected chi connectivity index (χ2v) is 4.13. The highest BCUT2D eigenvalue weighted by Gasteiger charge is 2.32. The Balaban J connectivity index is 2.17. The van der Waals surface area contributed by atoms with Crippen LogP contribution in [0.15, 0.2) is 24.3 Å². The van der Waals surface area contributed by atoms with Crippen LogP contribution in [-0.4, -0.2) is 30.1 Å². The van der Waals surface area contributed by atoms with E-state index in [-0.39, 0.29) is 0 Å². The lowest BCUT2D eigenvalue weighted by molar-refractivity contribution is -0.0203. The summed E-state index contributed by atoms with van der Waals surface area (Å²) in [4.78, 5) is 2.25. The van der Waals surface area contributed by atoms with Crippen LogP contribution in [-0.2, 0) is 5.60 Å². The molecule has 0 spiro atoms. The highest BCUT2D eigenvalue weighted by atomic mass is 16.3. The highest BCUT2D eigenvalue weighted by Crippen LogP contribution is 2.31. The Kier molecular flexibility index (Phi) is 2.57. The van der Waals surface area contributed by atoms with E-state index in [0.717, 1.165) is 31.5 Å². The predicted molar refractivity (Wildman–Crippen MR) is 55.9 cm³/mol. The minimum atomic E-state index is -0.621. The van der Waals surface area contributed by atoms with Gasteiger partial charge in [-0.1, -0.05) is 18.2 Å². The molecule has 14 heavy (non-hydrogen) atoms. The number of aliphatic hydroxyl groups is 1. The highest BCUT2D eigenvalue weighted by molar-refractivity contribution is 5.22. The van der Waals surface area contributed by atoms with E-state index in [4.69, 9.17) is 0 Å². The maximum atomic E-state index is 10.4. The van der Waals surface area contributed by atoms with Crippen molar-refractivity contribution in [2.24, 2.45) is 0 Å². The van der Waals surface area contributed by atoms with Gasteiger partial charge in [-0.05, 0) is 37.6 Å². The third-order valence-corrected chi connectivity index (χ3v) is 3.06. The number of likely N-dealkylation sites (tertiary alicyclic amines) is 1. The summed E-state index contributed by atoms with van der Waals surface area (Å²) in [5.74, 6) is 0. The van der Waals surface area contributed by atoms with Crippen molar-refractivity contribution in [3.63, 3.8) is 0 Å². The van der Waals surface area contributed by atoms with Gasteiger partial charge in [0.15, 0.2) is 0 Å². The van der Waals surface area contributed by atoms with Gasteiger partial charge in [-0.25, -0.2) is 0 Å². The van der Waals surface area contributed by atoms with Gasteiger partial charge in [-0.2, -0.15) is 0 Å². The largest absolute Gasteiger partial charge is 0.385 e. The molecule has 1 aliphatic rings. The summed E-state index contributed by atoms with van der Waals surface area (Å²) in [6, 6.07) is 10.7. The number of benzene rings is 1. The normalized spacial score (nSPS) is 22.1. The molecule has 1 radical (unpaired) electrons. The van der Waals surface area contributed by atoms with Gasteiger partial charge >= 0.3 is 0 Å². The molecule has 0 saturated carbocycles. The van der Waals surface area contributed by atoms with Crippen LogP contribution in [0.2, 0.25) is 0 Å². The molecular formula is C12H16NO. The number of rotatable bonds is 1. The molecule has 0 amide bonds. The lowest BCUT2D eigenvalue weighted by Crippen LogP contribution is -2.40. The standard InChI is InChI=1S/C12H16NO/c1-13-9-7-12(14,8-10-13)11-5-3-2-4-6-11/h2-3,5-6,14H,7-10H2,1H3. The molecule has 2 heteroatoms. The number of hydrogen-bond donors (Lipinski definition) is 1. The van der Waals surface area contributed by atoms with Crippen LogP contribution >= 0.6 is 0 Å². The Bertz CT molecular complexity index is 288. The Morgan fingerprint density at radius 3 is 2.71 bits per heavy atom. The Hall–Kier alpha value is -0.860. The lowest BCUT2D eigenvalue weighted by atomic mass is 9.85. The van der Waals surface area contributed by atoms with Gasteiger partial charge in [0.1, 0.15) is 0 Å². The topological polar surface area (TPSA) is 23.5 Å². The second kappa shape index (κ2) is 3.71. The van der Waals surface area contributed by atoms with Crippen LogP contribution in [0, 0.1) is 6.07 Å². The molecule has 75 valence electrons. The maximum Gasteiger partial charge on any atom is 0.0921 e. The van der Waals surface area contributed by atoms with Crippen molar-refractivity contribution in [1.29, 1.82) is 0 Å². The summed E-state index contributed by atoms with van der Waals surface area (Å²) in [6.07, 6.45) is 1.64. The maximum absolute atomic E-state index is 10.4. The van der Waals surface area contributed by atoms with Crippen molar-refractivity contribution in [2.45, 2.75) is 18.4 Å². The van der Waals surface area contributed by atoms with Gasteiger partial charge in [0.2, 0.25) is 0 Å². The number of piperidine rings is 1. The third kappa shape index (κ3) is 1.81. The molecule has 0 atom stereocenters. The van der Waals surface area contributed by atoms with E-state index in [1.54, 1.807) is 0 Å². The van der Waals surface area contributed by atoms with E-state index < -0.39 is 5.60 Å². The van der Waals surface area contributed by atoms with Crippen molar-refractivity contribution in [1.82, 2.24) is 4.90 Å².